The van der Waals surface area contributed by atoms with E-state index < -0.39 is 18.6 Å². The summed E-state index contributed by atoms with van der Waals surface area (Å²) in [6.07, 6.45) is -0.816. The number of hydrogen-bond donors (Lipinski definition) is 1. The Morgan fingerprint density at radius 2 is 2.16 bits per heavy atom. The zero-order valence-electron chi connectivity index (χ0n) is 10.8. The molecule has 0 atom stereocenters. The first-order valence-corrected chi connectivity index (χ1v) is 5.85. The Morgan fingerprint density at radius 1 is 1.47 bits per heavy atom. The molecule has 0 radical (unpaired) electrons. The Bertz CT molecular complexity index is 434. The minimum atomic E-state index is -4.41. The molecule has 0 aliphatic rings. The number of hydrogen-bond acceptors (Lipinski definition) is 3. The second-order valence-corrected chi connectivity index (χ2v) is 4.12. The van der Waals surface area contributed by atoms with Crippen LogP contribution in [0.5, 0.6) is 0 Å². The maximum absolute atomic E-state index is 12.3. The highest BCUT2D eigenvalue weighted by molar-refractivity contribution is 5.99. The summed E-state index contributed by atoms with van der Waals surface area (Å²) in [5, 5.41) is 2.99. The van der Waals surface area contributed by atoms with Crippen LogP contribution in [-0.4, -0.2) is 42.1 Å². The van der Waals surface area contributed by atoms with Crippen molar-refractivity contribution in [1.82, 2.24) is 9.88 Å². The van der Waals surface area contributed by atoms with Crippen LogP contribution >= 0.6 is 0 Å². The predicted molar refractivity (Wildman–Crippen MR) is 66.0 cm³/mol. The van der Waals surface area contributed by atoms with E-state index in [1.807, 2.05) is 6.92 Å². The Hall–Kier alpha value is -1.79. The summed E-state index contributed by atoms with van der Waals surface area (Å²) in [6, 6.07) is 1.57. The summed E-state index contributed by atoms with van der Waals surface area (Å²) in [5.74, 6) is -0.705. The molecule has 1 aromatic heterocycles. The smallest absolute Gasteiger partial charge is 0.384 e. The lowest BCUT2D eigenvalue weighted by molar-refractivity contribution is -0.138. The number of aromatic nitrogens is 1. The SMILES string of the molecule is CCCNc1ccncc1C(=O)N(C)CC(F)(F)F. The van der Waals surface area contributed by atoms with E-state index in [2.05, 4.69) is 10.3 Å². The van der Waals surface area contributed by atoms with E-state index >= 15 is 0 Å². The monoisotopic (exact) mass is 275 g/mol. The number of anilines is 1. The number of nitrogens with zero attached hydrogens (tertiary/aromatic N) is 2. The third kappa shape index (κ3) is 4.76. The predicted octanol–water partition coefficient (Wildman–Crippen LogP) is 2.54. The Morgan fingerprint density at radius 3 is 2.74 bits per heavy atom. The third-order valence-corrected chi connectivity index (χ3v) is 2.38. The summed E-state index contributed by atoms with van der Waals surface area (Å²) >= 11 is 0. The van der Waals surface area contributed by atoms with E-state index in [1.165, 1.54) is 12.4 Å². The number of halogens is 3. The maximum Gasteiger partial charge on any atom is 0.406 e. The molecule has 7 heteroatoms. The van der Waals surface area contributed by atoms with Gasteiger partial charge in [-0.05, 0) is 12.5 Å². The van der Waals surface area contributed by atoms with Crippen LogP contribution in [0.25, 0.3) is 0 Å². The first-order valence-electron chi connectivity index (χ1n) is 5.85. The number of nitrogens with one attached hydrogen (secondary N) is 1. The van der Waals surface area contributed by atoms with Crippen molar-refractivity contribution in [2.24, 2.45) is 0 Å². The van der Waals surface area contributed by atoms with Gasteiger partial charge in [-0.1, -0.05) is 6.92 Å². The van der Waals surface area contributed by atoms with Crippen molar-refractivity contribution in [2.45, 2.75) is 19.5 Å². The molecule has 0 aliphatic heterocycles. The molecule has 1 rings (SSSR count). The second kappa shape index (κ2) is 6.40. The molecule has 106 valence electrons. The van der Waals surface area contributed by atoms with Gasteiger partial charge in [-0.2, -0.15) is 13.2 Å². The molecule has 0 spiro atoms. The van der Waals surface area contributed by atoms with Gasteiger partial charge in [0.05, 0.1) is 11.3 Å². The molecule has 0 aromatic carbocycles. The van der Waals surface area contributed by atoms with E-state index in [9.17, 15) is 18.0 Å². The van der Waals surface area contributed by atoms with Gasteiger partial charge in [0.15, 0.2) is 0 Å². The van der Waals surface area contributed by atoms with Crippen LogP contribution in [0.15, 0.2) is 18.5 Å². The number of alkyl halides is 3. The second-order valence-electron chi connectivity index (χ2n) is 4.12. The molecule has 1 amide bonds. The van der Waals surface area contributed by atoms with E-state index in [0.717, 1.165) is 13.5 Å². The summed E-state index contributed by atoms with van der Waals surface area (Å²) < 4.78 is 36.8. The highest BCUT2D eigenvalue weighted by Crippen LogP contribution is 2.20. The molecule has 0 saturated carbocycles. The molecule has 1 heterocycles. The molecular weight excluding hydrogens is 259 g/mol. The van der Waals surface area contributed by atoms with Crippen molar-refractivity contribution in [3.8, 4) is 0 Å². The van der Waals surface area contributed by atoms with Gasteiger partial charge in [-0.25, -0.2) is 0 Å². The number of carbonyl (C=O) groups is 1. The van der Waals surface area contributed by atoms with Crippen molar-refractivity contribution >= 4 is 11.6 Å². The fourth-order valence-electron chi connectivity index (χ4n) is 1.53. The molecule has 0 unspecified atom stereocenters. The molecule has 19 heavy (non-hydrogen) atoms. The Balaban J connectivity index is 2.86. The first kappa shape index (κ1) is 15.3. The standard InChI is InChI=1S/C12H16F3N3O/c1-3-5-17-10-4-6-16-7-9(10)11(19)18(2)8-12(13,14)15/h4,6-7H,3,5,8H2,1-2H3,(H,16,17). The third-order valence-electron chi connectivity index (χ3n) is 2.38. The molecule has 0 saturated heterocycles. The number of carbonyl (C=O) groups excluding carboxylic acids is 1. The molecule has 1 N–H and O–H groups in total. The van der Waals surface area contributed by atoms with E-state index in [0.29, 0.717) is 17.1 Å². The first-order chi connectivity index (χ1) is 8.85. The topological polar surface area (TPSA) is 45.2 Å². The van der Waals surface area contributed by atoms with Gasteiger partial charge in [0, 0.05) is 26.0 Å². The van der Waals surface area contributed by atoms with Crippen LogP contribution in [0.4, 0.5) is 18.9 Å². The summed E-state index contributed by atoms with van der Waals surface area (Å²) in [5.41, 5.74) is 0.638. The zero-order valence-corrected chi connectivity index (χ0v) is 10.8. The Labute approximate surface area is 109 Å². The van der Waals surface area contributed by atoms with E-state index in [4.69, 9.17) is 0 Å². The van der Waals surface area contributed by atoms with Crippen LogP contribution < -0.4 is 5.32 Å². The number of pyridine rings is 1. The van der Waals surface area contributed by atoms with Crippen LogP contribution in [0.1, 0.15) is 23.7 Å². The van der Waals surface area contributed by atoms with E-state index in [-0.39, 0.29) is 5.56 Å². The lowest BCUT2D eigenvalue weighted by Crippen LogP contribution is -2.36. The minimum absolute atomic E-state index is 0.141. The van der Waals surface area contributed by atoms with E-state index in [1.54, 1.807) is 6.07 Å². The zero-order chi connectivity index (χ0) is 14.5. The van der Waals surface area contributed by atoms with Crippen molar-refractivity contribution in [3.63, 3.8) is 0 Å². The van der Waals surface area contributed by atoms with Crippen LogP contribution in [-0.2, 0) is 0 Å². The van der Waals surface area contributed by atoms with Crippen LogP contribution in [0.3, 0.4) is 0 Å². The highest BCUT2D eigenvalue weighted by Gasteiger charge is 2.32. The molecule has 0 aliphatic carbocycles. The van der Waals surface area contributed by atoms with Gasteiger partial charge in [0.1, 0.15) is 6.54 Å². The maximum atomic E-state index is 12.3. The normalized spacial score (nSPS) is 11.2. The quantitative estimate of drug-likeness (QED) is 0.898. The Kier molecular flexibility index (Phi) is 5.14. The largest absolute Gasteiger partial charge is 0.406 e. The van der Waals surface area contributed by atoms with Crippen LogP contribution in [0, 0.1) is 0 Å². The van der Waals surface area contributed by atoms with Gasteiger partial charge in [0.25, 0.3) is 5.91 Å². The van der Waals surface area contributed by atoms with Gasteiger partial charge >= 0.3 is 6.18 Å². The fraction of sp³-hybridized carbons (Fsp3) is 0.500. The minimum Gasteiger partial charge on any atom is -0.384 e. The lowest BCUT2D eigenvalue weighted by atomic mass is 10.2. The summed E-state index contributed by atoms with van der Waals surface area (Å²) in [6.45, 7) is 1.30. The highest BCUT2D eigenvalue weighted by atomic mass is 19.4. The van der Waals surface area contributed by atoms with Gasteiger partial charge < -0.3 is 10.2 Å². The fourth-order valence-corrected chi connectivity index (χ4v) is 1.53. The molecular formula is C12H16F3N3O. The van der Waals surface area contributed by atoms with Gasteiger partial charge in [-0.15, -0.1) is 0 Å². The average molecular weight is 275 g/mol. The molecule has 1 aromatic rings. The van der Waals surface area contributed by atoms with Crippen molar-refractivity contribution in [2.75, 3.05) is 25.5 Å². The van der Waals surface area contributed by atoms with Crippen molar-refractivity contribution in [1.29, 1.82) is 0 Å². The van der Waals surface area contributed by atoms with Gasteiger partial charge in [-0.3, -0.25) is 9.78 Å². The van der Waals surface area contributed by atoms with Crippen molar-refractivity contribution < 1.29 is 18.0 Å². The van der Waals surface area contributed by atoms with Crippen LogP contribution in [0.2, 0.25) is 0 Å². The molecule has 0 bridgehead atoms. The molecule has 0 fully saturated rings. The molecule has 4 nitrogen and oxygen atoms in total. The lowest BCUT2D eigenvalue weighted by Gasteiger charge is -2.20. The summed E-state index contributed by atoms with van der Waals surface area (Å²) in [7, 11) is 1.12. The summed E-state index contributed by atoms with van der Waals surface area (Å²) in [4.78, 5) is 16.4. The number of amides is 1. The van der Waals surface area contributed by atoms with Gasteiger partial charge in [0.2, 0.25) is 0 Å². The van der Waals surface area contributed by atoms with Crippen molar-refractivity contribution in [3.05, 3.63) is 24.0 Å². The average Bonchev–Trinajstić information content (AvgIpc) is 2.33. The number of rotatable bonds is 5.